The van der Waals surface area contributed by atoms with Crippen LogP contribution in [-0.2, 0) is 0 Å². The molecule has 0 bridgehead atoms. The molecule has 1 aliphatic heterocycles. The molecule has 1 aliphatic carbocycles. The molecule has 0 atom stereocenters. The van der Waals surface area contributed by atoms with Gasteiger partial charge < -0.3 is 4.90 Å². The molecule has 0 aromatic rings. The fourth-order valence-electron chi connectivity index (χ4n) is 1.76. The maximum Gasteiger partial charge on any atom is 0.0262 e. The van der Waals surface area contributed by atoms with E-state index in [1.807, 2.05) is 0 Å². The zero-order valence-electron chi connectivity index (χ0n) is 7.67. The Hall–Kier alpha value is -0.500. The second-order valence-corrected chi connectivity index (χ2v) is 4.41. The van der Waals surface area contributed by atoms with Gasteiger partial charge in [0.15, 0.2) is 0 Å². The van der Waals surface area contributed by atoms with E-state index < -0.39 is 0 Å². The molecule has 70 valence electrons. The van der Waals surface area contributed by atoms with Crippen molar-refractivity contribution in [2.45, 2.75) is 19.3 Å². The Labute approximate surface area is 87.9 Å². The molecule has 2 aliphatic rings. The van der Waals surface area contributed by atoms with Gasteiger partial charge in [-0.15, -0.1) is 0 Å². The minimum atomic E-state index is 1.21. The standard InChI is InChI=1S/C11H14BrN/c12-11-6-4-5-10(11)9-13-7-2-1-3-8-13/h4-6,9H,1-3,7-8H2/b10-9-. The highest BCUT2D eigenvalue weighted by atomic mass is 79.9. The molecule has 0 radical (unpaired) electrons. The first kappa shape index (κ1) is 9.07. The second-order valence-electron chi connectivity index (χ2n) is 3.55. The van der Waals surface area contributed by atoms with Crippen LogP contribution in [-0.4, -0.2) is 18.0 Å². The number of piperidine rings is 1. The number of hydrogen-bond acceptors (Lipinski definition) is 1. The summed E-state index contributed by atoms with van der Waals surface area (Å²) in [7, 11) is 0. The number of rotatable bonds is 1. The molecule has 1 heterocycles. The van der Waals surface area contributed by atoms with E-state index in [-0.39, 0.29) is 0 Å². The molecule has 13 heavy (non-hydrogen) atoms. The summed E-state index contributed by atoms with van der Waals surface area (Å²) in [6, 6.07) is 0. The summed E-state index contributed by atoms with van der Waals surface area (Å²) in [6.45, 7) is 2.44. The molecule has 0 saturated carbocycles. The second kappa shape index (κ2) is 4.14. The SMILES string of the molecule is BrC1=CC=C/C1=C/N1CCCCC1. The first-order valence-corrected chi connectivity index (χ1v) is 5.66. The topological polar surface area (TPSA) is 3.24 Å². The maximum atomic E-state index is 3.54. The third-order valence-electron chi connectivity index (χ3n) is 2.51. The Bertz CT molecular complexity index is 270. The largest absolute Gasteiger partial charge is 0.377 e. The monoisotopic (exact) mass is 239 g/mol. The number of halogens is 1. The molecule has 2 rings (SSSR count). The highest BCUT2D eigenvalue weighted by Gasteiger charge is 2.09. The highest BCUT2D eigenvalue weighted by molar-refractivity contribution is 9.12. The summed E-state index contributed by atoms with van der Waals surface area (Å²) in [6.07, 6.45) is 12.7. The number of hydrogen-bond donors (Lipinski definition) is 0. The first-order chi connectivity index (χ1) is 6.36. The summed E-state index contributed by atoms with van der Waals surface area (Å²) >= 11 is 3.54. The van der Waals surface area contributed by atoms with Crippen LogP contribution in [0.2, 0.25) is 0 Å². The van der Waals surface area contributed by atoms with E-state index in [1.165, 1.54) is 42.4 Å². The maximum absolute atomic E-state index is 3.54. The van der Waals surface area contributed by atoms with Crippen molar-refractivity contribution in [1.29, 1.82) is 0 Å². The predicted octanol–water partition coefficient (Wildman–Crippen LogP) is 3.20. The minimum Gasteiger partial charge on any atom is -0.377 e. The lowest BCUT2D eigenvalue weighted by atomic mass is 10.1. The lowest BCUT2D eigenvalue weighted by molar-refractivity contribution is 0.308. The van der Waals surface area contributed by atoms with Gasteiger partial charge >= 0.3 is 0 Å². The lowest BCUT2D eigenvalue weighted by Gasteiger charge is -2.25. The van der Waals surface area contributed by atoms with Gasteiger partial charge in [0.1, 0.15) is 0 Å². The summed E-state index contributed by atoms with van der Waals surface area (Å²) in [5.74, 6) is 0. The van der Waals surface area contributed by atoms with Crippen molar-refractivity contribution in [1.82, 2.24) is 4.90 Å². The highest BCUT2D eigenvalue weighted by Crippen LogP contribution is 2.24. The van der Waals surface area contributed by atoms with Gasteiger partial charge in [0.05, 0.1) is 0 Å². The van der Waals surface area contributed by atoms with E-state index in [1.54, 1.807) is 0 Å². The van der Waals surface area contributed by atoms with Gasteiger partial charge in [0, 0.05) is 29.3 Å². The van der Waals surface area contributed by atoms with Crippen LogP contribution in [0.25, 0.3) is 0 Å². The molecule has 0 aromatic carbocycles. The predicted molar refractivity (Wildman–Crippen MR) is 59.7 cm³/mol. The quantitative estimate of drug-likeness (QED) is 0.680. The molecule has 1 nitrogen and oxygen atoms in total. The van der Waals surface area contributed by atoms with Crippen molar-refractivity contribution in [3.05, 3.63) is 34.5 Å². The van der Waals surface area contributed by atoms with E-state index in [9.17, 15) is 0 Å². The first-order valence-electron chi connectivity index (χ1n) is 4.86. The van der Waals surface area contributed by atoms with Crippen molar-refractivity contribution >= 4 is 15.9 Å². The zero-order chi connectivity index (χ0) is 9.10. The van der Waals surface area contributed by atoms with Gasteiger partial charge in [-0.1, -0.05) is 28.1 Å². The van der Waals surface area contributed by atoms with Gasteiger partial charge in [-0.25, -0.2) is 0 Å². The van der Waals surface area contributed by atoms with Gasteiger partial charge in [-0.2, -0.15) is 0 Å². The third-order valence-corrected chi connectivity index (χ3v) is 3.23. The molecule has 2 heteroatoms. The Kier molecular flexibility index (Phi) is 2.89. The number of nitrogens with zero attached hydrogens (tertiary/aromatic N) is 1. The minimum absolute atomic E-state index is 1.21. The molecule has 0 N–H and O–H groups in total. The Balaban J connectivity index is 2.02. The van der Waals surface area contributed by atoms with Crippen LogP contribution in [0.5, 0.6) is 0 Å². The van der Waals surface area contributed by atoms with E-state index in [0.717, 1.165) is 0 Å². The average molecular weight is 240 g/mol. The van der Waals surface area contributed by atoms with E-state index >= 15 is 0 Å². The van der Waals surface area contributed by atoms with Crippen LogP contribution in [0.15, 0.2) is 34.5 Å². The number of likely N-dealkylation sites (tertiary alicyclic amines) is 1. The summed E-state index contributed by atoms with van der Waals surface area (Å²) < 4.78 is 1.21. The van der Waals surface area contributed by atoms with Crippen LogP contribution in [0, 0.1) is 0 Å². The van der Waals surface area contributed by atoms with Crippen LogP contribution >= 0.6 is 15.9 Å². The van der Waals surface area contributed by atoms with Gasteiger partial charge in [-0.05, 0) is 25.3 Å². The van der Waals surface area contributed by atoms with E-state index in [2.05, 4.69) is 45.3 Å². The molecule has 0 aromatic heterocycles. The third kappa shape index (κ3) is 2.25. The van der Waals surface area contributed by atoms with Crippen LogP contribution < -0.4 is 0 Å². The molecule has 0 unspecified atom stereocenters. The van der Waals surface area contributed by atoms with Gasteiger partial charge in [0.25, 0.3) is 0 Å². The molecule has 1 fully saturated rings. The Morgan fingerprint density at radius 1 is 1.23 bits per heavy atom. The molecule has 0 amide bonds. The smallest absolute Gasteiger partial charge is 0.0262 e. The van der Waals surface area contributed by atoms with Crippen molar-refractivity contribution in [2.24, 2.45) is 0 Å². The van der Waals surface area contributed by atoms with Crippen molar-refractivity contribution in [3.63, 3.8) is 0 Å². The van der Waals surface area contributed by atoms with Crippen molar-refractivity contribution < 1.29 is 0 Å². The number of allylic oxidation sites excluding steroid dienone is 5. The van der Waals surface area contributed by atoms with Crippen LogP contribution in [0.1, 0.15) is 19.3 Å². The van der Waals surface area contributed by atoms with Gasteiger partial charge in [-0.3, -0.25) is 0 Å². The molecule has 0 spiro atoms. The molecule has 1 saturated heterocycles. The van der Waals surface area contributed by atoms with Crippen molar-refractivity contribution in [2.75, 3.05) is 13.1 Å². The van der Waals surface area contributed by atoms with Crippen molar-refractivity contribution in [3.8, 4) is 0 Å². The average Bonchev–Trinajstić information content (AvgIpc) is 2.54. The van der Waals surface area contributed by atoms with Crippen LogP contribution in [0.4, 0.5) is 0 Å². The van der Waals surface area contributed by atoms with E-state index in [0.29, 0.717) is 0 Å². The Morgan fingerprint density at radius 3 is 2.62 bits per heavy atom. The summed E-state index contributed by atoms with van der Waals surface area (Å²) in [5, 5.41) is 0. The Morgan fingerprint density at radius 2 is 2.00 bits per heavy atom. The lowest BCUT2D eigenvalue weighted by Crippen LogP contribution is -2.24. The summed E-state index contributed by atoms with van der Waals surface area (Å²) in [5.41, 5.74) is 1.31. The molecular weight excluding hydrogens is 226 g/mol. The zero-order valence-corrected chi connectivity index (χ0v) is 9.26. The molecular formula is C11H14BrN. The fraction of sp³-hybridized carbons (Fsp3) is 0.455. The van der Waals surface area contributed by atoms with Crippen LogP contribution in [0.3, 0.4) is 0 Å². The van der Waals surface area contributed by atoms with E-state index in [4.69, 9.17) is 0 Å². The fourth-order valence-corrected chi connectivity index (χ4v) is 2.15. The summed E-state index contributed by atoms with van der Waals surface area (Å²) in [4.78, 5) is 2.42. The normalized spacial score (nSPS) is 25.5. The van der Waals surface area contributed by atoms with Gasteiger partial charge in [0.2, 0.25) is 0 Å².